The smallest absolute Gasteiger partial charge is 0.277 e. The maximum atomic E-state index is 12.6. The van der Waals surface area contributed by atoms with Gasteiger partial charge in [-0.05, 0) is 36.8 Å². The Hall–Kier alpha value is -2.24. The molecule has 0 spiro atoms. The first-order valence-corrected chi connectivity index (χ1v) is 9.32. The van der Waals surface area contributed by atoms with E-state index in [0.29, 0.717) is 29.8 Å². The number of carbonyl (C=O) groups is 1. The molecule has 0 N–H and O–H groups in total. The molecule has 2 heterocycles. The molecule has 1 aromatic carbocycles. The van der Waals surface area contributed by atoms with Gasteiger partial charge in [-0.25, -0.2) is 4.68 Å². The molecule has 1 aromatic heterocycles. The summed E-state index contributed by atoms with van der Waals surface area (Å²) in [5.74, 6) is 1.62. The highest BCUT2D eigenvalue weighted by atomic mass is 16.2. The lowest BCUT2D eigenvalue weighted by molar-refractivity contribution is -0.134. The van der Waals surface area contributed by atoms with Crippen molar-refractivity contribution in [3.05, 3.63) is 34.6 Å². The van der Waals surface area contributed by atoms with Gasteiger partial charge in [0, 0.05) is 19.5 Å². The molecule has 2 fully saturated rings. The third-order valence-electron chi connectivity index (χ3n) is 5.81. The highest BCUT2D eigenvalue weighted by Crippen LogP contribution is 2.36. The lowest BCUT2D eigenvalue weighted by atomic mass is 9.75. The van der Waals surface area contributed by atoms with Gasteiger partial charge >= 0.3 is 0 Å². The van der Waals surface area contributed by atoms with Crippen molar-refractivity contribution in [2.75, 3.05) is 13.1 Å². The number of hydrogen-bond donors (Lipinski definition) is 0. The van der Waals surface area contributed by atoms with Crippen LogP contribution in [0.15, 0.2) is 29.1 Å². The van der Waals surface area contributed by atoms with Crippen LogP contribution in [0.1, 0.15) is 38.5 Å². The Bertz CT molecular complexity index is 832. The van der Waals surface area contributed by atoms with Crippen LogP contribution in [-0.4, -0.2) is 38.9 Å². The molecule has 0 bridgehead atoms. The van der Waals surface area contributed by atoms with Gasteiger partial charge in [0.15, 0.2) is 0 Å². The second-order valence-corrected chi connectivity index (χ2v) is 7.32. The molecule has 4 rings (SSSR count). The summed E-state index contributed by atoms with van der Waals surface area (Å²) in [7, 11) is 0. The van der Waals surface area contributed by atoms with E-state index < -0.39 is 0 Å². The summed E-state index contributed by atoms with van der Waals surface area (Å²) in [6, 6.07) is 7.17. The van der Waals surface area contributed by atoms with Gasteiger partial charge in [0.2, 0.25) is 5.91 Å². The van der Waals surface area contributed by atoms with Crippen LogP contribution in [0.2, 0.25) is 0 Å². The first kappa shape index (κ1) is 16.2. The number of carbonyl (C=O) groups excluding carboxylic acids is 1. The zero-order chi connectivity index (χ0) is 17.2. The number of likely N-dealkylation sites (tertiary alicyclic amines) is 1. The van der Waals surface area contributed by atoms with E-state index in [4.69, 9.17) is 0 Å². The third-order valence-corrected chi connectivity index (χ3v) is 5.81. The van der Waals surface area contributed by atoms with Crippen molar-refractivity contribution in [2.24, 2.45) is 11.8 Å². The Kier molecular flexibility index (Phi) is 4.51. The van der Waals surface area contributed by atoms with Crippen LogP contribution in [-0.2, 0) is 11.3 Å². The van der Waals surface area contributed by atoms with Gasteiger partial charge in [-0.2, -0.15) is 0 Å². The molecule has 1 aliphatic carbocycles. The first-order chi connectivity index (χ1) is 12.2. The summed E-state index contributed by atoms with van der Waals surface area (Å²) < 4.78 is 1.31. The van der Waals surface area contributed by atoms with Gasteiger partial charge in [0.25, 0.3) is 5.56 Å². The summed E-state index contributed by atoms with van der Waals surface area (Å²) in [6.07, 6.45) is 6.67. The number of aryl methyl sites for hydroxylation is 1. The van der Waals surface area contributed by atoms with Crippen molar-refractivity contribution < 1.29 is 4.79 Å². The highest BCUT2D eigenvalue weighted by molar-refractivity contribution is 5.77. The minimum atomic E-state index is -0.176. The van der Waals surface area contributed by atoms with Gasteiger partial charge in [-0.15, -0.1) is 5.10 Å². The van der Waals surface area contributed by atoms with Crippen molar-refractivity contribution in [1.29, 1.82) is 0 Å². The number of fused-ring (bicyclic) bond motifs is 2. The monoisotopic (exact) mass is 340 g/mol. The Morgan fingerprint density at radius 1 is 1.12 bits per heavy atom. The Morgan fingerprint density at radius 2 is 1.92 bits per heavy atom. The molecule has 1 aliphatic heterocycles. The summed E-state index contributed by atoms with van der Waals surface area (Å²) in [6.45, 7) is 2.04. The Morgan fingerprint density at radius 3 is 2.80 bits per heavy atom. The zero-order valence-electron chi connectivity index (χ0n) is 14.4. The molecule has 1 amide bonds. The van der Waals surface area contributed by atoms with Crippen LogP contribution in [0.25, 0.3) is 10.9 Å². The number of hydrogen-bond acceptors (Lipinski definition) is 4. The van der Waals surface area contributed by atoms with E-state index in [0.717, 1.165) is 25.4 Å². The van der Waals surface area contributed by atoms with Gasteiger partial charge in [-0.1, -0.05) is 36.6 Å². The fourth-order valence-electron chi connectivity index (χ4n) is 4.36. The lowest BCUT2D eigenvalue weighted by Crippen LogP contribution is -2.45. The number of piperidine rings is 1. The molecule has 2 unspecified atom stereocenters. The van der Waals surface area contributed by atoms with Gasteiger partial charge in [-0.3, -0.25) is 9.59 Å². The van der Waals surface area contributed by atoms with Crippen molar-refractivity contribution in [3.63, 3.8) is 0 Å². The molecule has 132 valence electrons. The number of amides is 1. The predicted octanol–water partition coefficient (Wildman–Crippen LogP) is 2.22. The van der Waals surface area contributed by atoms with Crippen molar-refractivity contribution in [3.8, 4) is 0 Å². The SMILES string of the molecule is O=C(CCn1nnc2ccccc2c1=O)N1CCC2CCCCC2C1. The second-order valence-electron chi connectivity index (χ2n) is 7.32. The van der Waals surface area contributed by atoms with E-state index in [1.165, 1.54) is 30.4 Å². The minimum Gasteiger partial charge on any atom is -0.342 e. The topological polar surface area (TPSA) is 68.1 Å². The highest BCUT2D eigenvalue weighted by Gasteiger charge is 2.32. The van der Waals surface area contributed by atoms with Crippen LogP contribution in [0, 0.1) is 11.8 Å². The zero-order valence-corrected chi connectivity index (χ0v) is 14.4. The lowest BCUT2D eigenvalue weighted by Gasteiger charge is -2.41. The molecule has 2 atom stereocenters. The van der Waals surface area contributed by atoms with E-state index in [1.807, 2.05) is 17.0 Å². The van der Waals surface area contributed by atoms with Crippen molar-refractivity contribution >= 4 is 16.8 Å². The molecule has 6 heteroatoms. The van der Waals surface area contributed by atoms with E-state index >= 15 is 0 Å². The Labute approximate surface area is 146 Å². The summed E-state index contributed by atoms with van der Waals surface area (Å²) in [5, 5.41) is 8.60. The minimum absolute atomic E-state index is 0.130. The van der Waals surface area contributed by atoms with Crippen LogP contribution in [0.3, 0.4) is 0 Å². The molecule has 6 nitrogen and oxygen atoms in total. The maximum Gasteiger partial charge on any atom is 0.277 e. The number of nitrogens with zero attached hydrogens (tertiary/aromatic N) is 4. The quantitative estimate of drug-likeness (QED) is 0.859. The average molecular weight is 340 g/mol. The molecule has 2 aromatic rings. The molecule has 0 radical (unpaired) electrons. The van der Waals surface area contributed by atoms with Gasteiger partial charge in [0.1, 0.15) is 5.52 Å². The second kappa shape index (κ2) is 6.94. The predicted molar refractivity (Wildman–Crippen MR) is 95.1 cm³/mol. The van der Waals surface area contributed by atoms with E-state index in [2.05, 4.69) is 10.3 Å². The normalized spacial score (nSPS) is 23.4. The Balaban J connectivity index is 1.40. The van der Waals surface area contributed by atoms with Crippen LogP contribution in [0.5, 0.6) is 0 Å². The fraction of sp³-hybridized carbons (Fsp3) is 0.579. The first-order valence-electron chi connectivity index (χ1n) is 9.32. The third kappa shape index (κ3) is 3.30. The van der Waals surface area contributed by atoms with Crippen LogP contribution < -0.4 is 5.56 Å². The van der Waals surface area contributed by atoms with Crippen molar-refractivity contribution in [1.82, 2.24) is 19.9 Å². The molecule has 2 aliphatic rings. The number of aromatic nitrogens is 3. The molecular weight excluding hydrogens is 316 g/mol. The summed E-state index contributed by atoms with van der Waals surface area (Å²) >= 11 is 0. The van der Waals surface area contributed by atoms with E-state index in [-0.39, 0.29) is 11.5 Å². The maximum absolute atomic E-state index is 12.6. The average Bonchev–Trinajstić information content (AvgIpc) is 2.67. The van der Waals surface area contributed by atoms with Gasteiger partial charge in [0.05, 0.1) is 11.9 Å². The summed E-state index contributed by atoms with van der Waals surface area (Å²) in [4.78, 5) is 27.0. The van der Waals surface area contributed by atoms with E-state index in [1.54, 1.807) is 12.1 Å². The fourth-order valence-corrected chi connectivity index (χ4v) is 4.36. The van der Waals surface area contributed by atoms with Crippen molar-refractivity contribution in [2.45, 2.75) is 45.1 Å². The van der Waals surface area contributed by atoms with Crippen LogP contribution >= 0.6 is 0 Å². The number of rotatable bonds is 3. The largest absolute Gasteiger partial charge is 0.342 e. The number of benzene rings is 1. The standard InChI is InChI=1S/C19H24N4O2/c24-18(22-11-9-14-5-1-2-6-15(14)13-22)10-12-23-19(25)16-7-3-4-8-17(16)20-21-23/h3-4,7-8,14-15H,1-2,5-6,9-13H2. The van der Waals surface area contributed by atoms with Crippen LogP contribution in [0.4, 0.5) is 0 Å². The van der Waals surface area contributed by atoms with E-state index in [9.17, 15) is 9.59 Å². The molecule has 25 heavy (non-hydrogen) atoms. The molecule has 1 saturated heterocycles. The summed E-state index contributed by atoms with van der Waals surface area (Å²) in [5.41, 5.74) is 0.416. The van der Waals surface area contributed by atoms with Gasteiger partial charge < -0.3 is 4.90 Å². The molecular formula is C19H24N4O2. The molecule has 1 saturated carbocycles.